The van der Waals surface area contributed by atoms with Gasteiger partial charge in [0.1, 0.15) is 30.1 Å². The van der Waals surface area contributed by atoms with E-state index in [0.717, 1.165) is 10.5 Å². The van der Waals surface area contributed by atoms with Crippen molar-refractivity contribution in [2.24, 2.45) is 23.7 Å². The minimum atomic E-state index is -2.52. The highest BCUT2D eigenvalue weighted by atomic mass is 16.7. The van der Waals surface area contributed by atoms with Gasteiger partial charge in [0, 0.05) is 52.0 Å². The Bertz CT molecular complexity index is 1480. The average Bonchev–Trinajstić information content (AvgIpc) is 3.18. The minimum Gasteiger partial charge on any atom is -0.456 e. The summed E-state index contributed by atoms with van der Waals surface area (Å²) in [6.45, 7) is 12.9. The van der Waals surface area contributed by atoms with Crippen molar-refractivity contribution >= 4 is 23.4 Å². The van der Waals surface area contributed by atoms with Gasteiger partial charge >= 0.3 is 5.97 Å². The molecule has 3 saturated heterocycles. The second-order valence-corrected chi connectivity index (χ2v) is 16.8. The number of aliphatic hydroxyl groups is 3. The standard InChI is InChI=1S/C43H67NO13/c1-10-13-29-19-24(2)18-25(3)20-35(52-7)38-36(53-8)22-27(5)43(51,57-38)39(48)40(49)44-17-12-11-14-31(44)41(50)56-37(28(6)33(46)23-34(29)47)26(4)21-30-15-16-32(45)42(54-9)55-30/h10,19,21,25,27-33,35-38,42,45-46,51H,1,11-18,20,22-23H2,2-9H3/b24-19-,26-21+/t25-,27-,28-,29-,30?,31?,32-,33-,35+,36+,37?,38-,42-,43-/m1/s1. The Hall–Kier alpha value is -2.82. The molecule has 14 nitrogen and oxygen atoms in total. The number of fused-ring (bicyclic) bond motifs is 3. The zero-order valence-electron chi connectivity index (χ0n) is 35.1. The summed E-state index contributed by atoms with van der Waals surface area (Å²) in [4.78, 5) is 57.7. The van der Waals surface area contributed by atoms with Crippen molar-refractivity contribution in [1.29, 1.82) is 0 Å². The second kappa shape index (κ2) is 20.9. The van der Waals surface area contributed by atoms with Gasteiger partial charge in [-0.2, -0.15) is 0 Å². The van der Waals surface area contributed by atoms with Crippen molar-refractivity contribution in [3.8, 4) is 0 Å². The summed E-state index contributed by atoms with van der Waals surface area (Å²) in [5.41, 5.74) is 1.47. The van der Waals surface area contributed by atoms with Crippen LogP contribution in [0, 0.1) is 23.7 Å². The zero-order chi connectivity index (χ0) is 42.2. The summed E-state index contributed by atoms with van der Waals surface area (Å²) in [7, 11) is 4.47. The number of piperidine rings is 1. The number of Topliss-reactive ketones (excluding diaryl/α,β-unsaturated/α-hetero) is 2. The average molecular weight is 806 g/mol. The summed E-state index contributed by atoms with van der Waals surface area (Å²) >= 11 is 0. The van der Waals surface area contributed by atoms with Crippen molar-refractivity contribution < 1.29 is 62.9 Å². The lowest BCUT2D eigenvalue weighted by Gasteiger charge is -2.47. The summed E-state index contributed by atoms with van der Waals surface area (Å²) in [5.74, 6) is -7.96. The zero-order valence-corrected chi connectivity index (χ0v) is 35.1. The van der Waals surface area contributed by atoms with Gasteiger partial charge in [-0.1, -0.05) is 44.6 Å². The molecule has 3 N–H and O–H groups in total. The molecule has 14 heteroatoms. The summed E-state index contributed by atoms with van der Waals surface area (Å²) in [6.07, 6.45) is 2.26. The molecule has 0 aromatic carbocycles. The van der Waals surface area contributed by atoms with Gasteiger partial charge in [0.15, 0.2) is 6.29 Å². The van der Waals surface area contributed by atoms with Crippen LogP contribution >= 0.6 is 0 Å². The molecular formula is C43H67NO13. The fourth-order valence-electron chi connectivity index (χ4n) is 8.93. The Balaban J connectivity index is 1.78. The number of amides is 1. The molecule has 3 unspecified atom stereocenters. The molecule has 0 aliphatic carbocycles. The number of hydrogen-bond donors (Lipinski definition) is 3. The fourth-order valence-corrected chi connectivity index (χ4v) is 8.93. The first kappa shape index (κ1) is 46.9. The predicted octanol–water partition coefficient (Wildman–Crippen LogP) is 3.98. The maximum atomic E-state index is 14.3. The molecule has 4 aliphatic heterocycles. The Morgan fingerprint density at radius 1 is 0.965 bits per heavy atom. The Kier molecular flexibility index (Phi) is 17.2. The Morgan fingerprint density at radius 3 is 2.30 bits per heavy atom. The van der Waals surface area contributed by atoms with Gasteiger partial charge in [-0.15, -0.1) is 6.58 Å². The first-order valence-corrected chi connectivity index (χ1v) is 20.5. The van der Waals surface area contributed by atoms with Crippen LogP contribution in [0.1, 0.15) is 98.8 Å². The monoisotopic (exact) mass is 805 g/mol. The molecular weight excluding hydrogens is 738 g/mol. The van der Waals surface area contributed by atoms with Crippen LogP contribution in [0.5, 0.6) is 0 Å². The highest BCUT2D eigenvalue weighted by Crippen LogP contribution is 2.39. The third-order valence-electron chi connectivity index (χ3n) is 12.3. The SMILES string of the molecule is C=CC[C@@H]1/C=C(/C)C[C@@H](C)C[C@H](OC)[C@H]2O[C@@](O)(C(=O)C(=O)N3CCCCC3C(=O)OC(/C(C)=C/C3CC[C@@H](O)[C@H](OC)O3)[C@H](C)[C@H](O)CC1=O)[C@H](C)C[C@@H]2OC. The van der Waals surface area contributed by atoms with Crippen LogP contribution in [-0.4, -0.2) is 132 Å². The van der Waals surface area contributed by atoms with E-state index < -0.39 is 96.3 Å². The van der Waals surface area contributed by atoms with Crippen molar-refractivity contribution in [2.75, 3.05) is 27.9 Å². The molecule has 0 aromatic rings. The number of carbonyl (C=O) groups excluding carboxylic acids is 4. The number of hydrogen-bond acceptors (Lipinski definition) is 13. The lowest BCUT2D eigenvalue weighted by Crippen LogP contribution is -2.64. The molecule has 2 bridgehead atoms. The number of methoxy groups -OCH3 is 3. The third-order valence-corrected chi connectivity index (χ3v) is 12.3. The Morgan fingerprint density at radius 2 is 1.65 bits per heavy atom. The molecule has 4 heterocycles. The molecule has 0 spiro atoms. The number of esters is 1. The van der Waals surface area contributed by atoms with Gasteiger partial charge in [-0.25, -0.2) is 4.79 Å². The smallest absolute Gasteiger partial charge is 0.329 e. The minimum absolute atomic E-state index is 0.000322. The molecule has 57 heavy (non-hydrogen) atoms. The first-order chi connectivity index (χ1) is 27.0. The van der Waals surface area contributed by atoms with Crippen LogP contribution in [0.25, 0.3) is 0 Å². The van der Waals surface area contributed by atoms with Crippen molar-refractivity contribution in [2.45, 2.75) is 160 Å². The lowest BCUT2D eigenvalue weighted by molar-refractivity contribution is -0.302. The van der Waals surface area contributed by atoms with E-state index in [1.165, 1.54) is 21.3 Å². The van der Waals surface area contributed by atoms with Crippen LogP contribution in [0.3, 0.4) is 0 Å². The van der Waals surface area contributed by atoms with E-state index in [9.17, 15) is 34.5 Å². The molecule has 0 aromatic heterocycles. The van der Waals surface area contributed by atoms with E-state index in [-0.39, 0.29) is 37.5 Å². The van der Waals surface area contributed by atoms with E-state index in [4.69, 9.17) is 28.4 Å². The topological polar surface area (TPSA) is 188 Å². The summed E-state index contributed by atoms with van der Waals surface area (Å²) in [6, 6.07) is -1.17. The first-order valence-electron chi connectivity index (χ1n) is 20.5. The fraction of sp³-hybridized carbons (Fsp3) is 0.767. The van der Waals surface area contributed by atoms with Gasteiger partial charge in [-0.3, -0.25) is 14.4 Å². The van der Waals surface area contributed by atoms with E-state index in [2.05, 4.69) is 6.58 Å². The number of ether oxygens (including phenoxy) is 6. The molecule has 4 rings (SSSR count). The van der Waals surface area contributed by atoms with Crippen LogP contribution in [0.2, 0.25) is 0 Å². The third kappa shape index (κ3) is 11.3. The molecule has 0 saturated carbocycles. The quantitative estimate of drug-likeness (QED) is 0.191. The molecule has 0 radical (unpaired) electrons. The lowest BCUT2D eigenvalue weighted by atomic mass is 9.82. The van der Waals surface area contributed by atoms with Gasteiger partial charge in [0.25, 0.3) is 11.7 Å². The highest BCUT2D eigenvalue weighted by molar-refractivity contribution is 6.39. The van der Waals surface area contributed by atoms with E-state index in [1.807, 2.05) is 19.9 Å². The second-order valence-electron chi connectivity index (χ2n) is 16.8. The predicted molar refractivity (Wildman–Crippen MR) is 209 cm³/mol. The summed E-state index contributed by atoms with van der Waals surface area (Å²) in [5, 5.41) is 34.0. The molecule has 1 amide bonds. The number of carbonyl (C=O) groups is 4. The molecule has 4 aliphatic rings. The van der Waals surface area contributed by atoms with Crippen LogP contribution in [-0.2, 0) is 47.6 Å². The maximum Gasteiger partial charge on any atom is 0.329 e. The number of rotatable bonds is 7. The van der Waals surface area contributed by atoms with Crippen molar-refractivity contribution in [1.82, 2.24) is 4.90 Å². The maximum absolute atomic E-state index is 14.3. The summed E-state index contributed by atoms with van der Waals surface area (Å²) < 4.78 is 35.4. The number of ketones is 2. The molecule has 3 fully saturated rings. The van der Waals surface area contributed by atoms with Crippen molar-refractivity contribution in [3.05, 3.63) is 36.0 Å². The van der Waals surface area contributed by atoms with E-state index in [0.29, 0.717) is 50.5 Å². The highest BCUT2D eigenvalue weighted by Gasteiger charge is 2.56. The van der Waals surface area contributed by atoms with Gasteiger partial charge in [-0.05, 0) is 83.1 Å². The number of cyclic esters (lactones) is 1. The van der Waals surface area contributed by atoms with Gasteiger partial charge < -0.3 is 48.6 Å². The van der Waals surface area contributed by atoms with E-state index >= 15 is 0 Å². The number of nitrogens with zero attached hydrogens (tertiary/aromatic N) is 1. The Labute approximate surface area is 337 Å². The normalized spacial score (nSPS) is 41.0. The van der Waals surface area contributed by atoms with Crippen molar-refractivity contribution in [3.63, 3.8) is 0 Å². The largest absolute Gasteiger partial charge is 0.456 e. The molecule has 322 valence electrons. The van der Waals surface area contributed by atoms with Crippen LogP contribution < -0.4 is 0 Å². The van der Waals surface area contributed by atoms with Crippen LogP contribution in [0.4, 0.5) is 0 Å². The molecule has 14 atom stereocenters. The van der Waals surface area contributed by atoms with Gasteiger partial charge in [0.2, 0.25) is 5.79 Å². The van der Waals surface area contributed by atoms with Gasteiger partial charge in [0.05, 0.1) is 24.4 Å². The van der Waals surface area contributed by atoms with Crippen LogP contribution in [0.15, 0.2) is 36.0 Å². The number of allylic oxidation sites excluding steroid dienone is 3. The number of aliphatic hydroxyl groups excluding tert-OH is 2. The van der Waals surface area contributed by atoms with E-state index in [1.54, 1.807) is 32.9 Å².